The van der Waals surface area contributed by atoms with Gasteiger partial charge in [0.25, 0.3) is 0 Å². The molecule has 0 aliphatic carbocycles. The summed E-state index contributed by atoms with van der Waals surface area (Å²) in [5.74, 6) is -2.31. The number of rotatable bonds is 3. The van der Waals surface area contributed by atoms with Gasteiger partial charge in [-0.15, -0.1) is 0 Å². The Labute approximate surface area is 154 Å². The van der Waals surface area contributed by atoms with E-state index in [0.717, 1.165) is 27.5 Å². The number of carbonyl (C=O) groups excluding carboxylic acids is 2. The third-order valence-corrected chi connectivity index (χ3v) is 5.65. The van der Waals surface area contributed by atoms with Crippen molar-refractivity contribution >= 4 is 39.4 Å². The molecule has 2 aliphatic heterocycles. The van der Waals surface area contributed by atoms with Crippen molar-refractivity contribution in [3.8, 4) is 0 Å². The molecular weight excluding hydrogens is 346 g/mol. The maximum Gasteiger partial charge on any atom is 0.235 e. The van der Waals surface area contributed by atoms with E-state index in [2.05, 4.69) is 0 Å². The Morgan fingerprint density at radius 2 is 1.96 bits per heavy atom. The second-order valence-corrected chi connectivity index (χ2v) is 7.17. The molecule has 0 bridgehead atoms. The van der Waals surface area contributed by atoms with Crippen LogP contribution in [-0.2, 0) is 9.59 Å². The largest absolute Gasteiger partial charge is 0.543 e. The molecule has 0 saturated carbocycles. The van der Waals surface area contributed by atoms with Gasteiger partial charge in [0.1, 0.15) is 11.2 Å². The lowest BCUT2D eigenvalue weighted by atomic mass is 9.82. The average Bonchev–Trinajstić information content (AvgIpc) is 3.16. The number of fused-ring (bicyclic) bond motifs is 4. The first-order chi connectivity index (χ1) is 13.0. The van der Waals surface area contributed by atoms with E-state index in [9.17, 15) is 19.8 Å². The second-order valence-electron chi connectivity index (χ2n) is 7.17. The van der Waals surface area contributed by atoms with Crippen LogP contribution in [0.3, 0.4) is 0 Å². The van der Waals surface area contributed by atoms with Crippen LogP contribution in [0.15, 0.2) is 52.6 Å². The summed E-state index contributed by atoms with van der Waals surface area (Å²) in [5.41, 5.74) is 2.67. The molecule has 27 heavy (non-hydrogen) atoms. The minimum atomic E-state index is -1.37. The Morgan fingerprint density at radius 3 is 2.70 bits per heavy atom. The van der Waals surface area contributed by atoms with Crippen LogP contribution in [0, 0.1) is 5.92 Å². The molecule has 6 heteroatoms. The molecule has 2 aromatic carbocycles. The molecule has 1 aromatic heterocycles. The molecule has 136 valence electrons. The zero-order valence-electron chi connectivity index (χ0n) is 14.5. The molecule has 1 fully saturated rings. The highest BCUT2D eigenvalue weighted by Gasteiger charge is 2.55. The van der Waals surface area contributed by atoms with Gasteiger partial charge in [0, 0.05) is 10.8 Å². The van der Waals surface area contributed by atoms with E-state index in [1.54, 1.807) is 13.0 Å². The van der Waals surface area contributed by atoms with Gasteiger partial charge >= 0.3 is 0 Å². The highest BCUT2D eigenvalue weighted by Crippen LogP contribution is 2.47. The number of benzene rings is 2. The van der Waals surface area contributed by atoms with Gasteiger partial charge in [-0.2, -0.15) is 0 Å². The molecule has 3 heterocycles. The summed E-state index contributed by atoms with van der Waals surface area (Å²) >= 11 is 0. The van der Waals surface area contributed by atoms with E-state index in [4.69, 9.17) is 4.42 Å². The van der Waals surface area contributed by atoms with Gasteiger partial charge in [-0.25, -0.2) is 0 Å². The quantitative estimate of drug-likeness (QED) is 0.715. The smallest absolute Gasteiger partial charge is 0.235 e. The Morgan fingerprint density at radius 1 is 1.22 bits per heavy atom. The summed E-state index contributed by atoms with van der Waals surface area (Å²) in [7, 11) is 0. The van der Waals surface area contributed by atoms with Crippen LogP contribution in [0.25, 0.3) is 27.5 Å². The number of carboxylic acid groups (broad SMARTS) is 1. The van der Waals surface area contributed by atoms with Crippen LogP contribution < -0.4 is 5.11 Å². The Balaban J connectivity index is 1.66. The zero-order chi connectivity index (χ0) is 18.9. The molecular formula is C21H16NO5-. The Bertz CT molecular complexity index is 1160. The normalized spacial score (nSPS) is 23.0. The third kappa shape index (κ3) is 2.10. The van der Waals surface area contributed by atoms with E-state index in [-0.39, 0.29) is 17.6 Å². The lowest BCUT2D eigenvalue weighted by molar-refractivity contribution is -0.301. The first-order valence-electron chi connectivity index (χ1n) is 8.84. The predicted molar refractivity (Wildman–Crippen MR) is 96.1 cm³/mol. The number of nitrogens with zero attached hydrogens (tertiary/aromatic N) is 1. The fraction of sp³-hybridized carbons (Fsp3) is 0.238. The number of hydrogen-bond acceptors (Lipinski definition) is 5. The molecule has 1 N–H and O–H groups in total. The number of hydrogen-bond donors (Lipinski definition) is 1. The average molecular weight is 362 g/mol. The van der Waals surface area contributed by atoms with Gasteiger partial charge in [0.2, 0.25) is 5.91 Å². The SMILES string of the molecule is C[C@@H](O)[C@H]1C(=O)N2C(C(=O)[O-])=C(c3ccc4oc5ccccc5c4c3)C[C@H]12. The number of carbonyl (C=O) groups is 2. The monoisotopic (exact) mass is 362 g/mol. The molecule has 3 atom stereocenters. The molecule has 0 radical (unpaired) electrons. The van der Waals surface area contributed by atoms with Gasteiger partial charge in [-0.1, -0.05) is 24.3 Å². The Kier molecular flexibility index (Phi) is 3.24. The number of amides is 1. The van der Waals surface area contributed by atoms with Gasteiger partial charge in [0.15, 0.2) is 0 Å². The van der Waals surface area contributed by atoms with Crippen molar-refractivity contribution in [2.75, 3.05) is 0 Å². The third-order valence-electron chi connectivity index (χ3n) is 5.65. The maximum atomic E-state index is 12.3. The first-order valence-corrected chi connectivity index (χ1v) is 8.84. The van der Waals surface area contributed by atoms with Gasteiger partial charge < -0.3 is 24.3 Å². The van der Waals surface area contributed by atoms with Gasteiger partial charge in [-0.05, 0) is 42.7 Å². The summed E-state index contributed by atoms with van der Waals surface area (Å²) in [5, 5.41) is 23.5. The predicted octanol–water partition coefficient (Wildman–Crippen LogP) is 1.66. The molecule has 1 amide bonds. The van der Waals surface area contributed by atoms with Crippen LogP contribution in [-0.4, -0.2) is 34.0 Å². The fourth-order valence-electron chi connectivity index (χ4n) is 4.43. The minimum absolute atomic E-state index is 0.0888. The summed E-state index contributed by atoms with van der Waals surface area (Å²) in [6.07, 6.45) is -0.437. The summed E-state index contributed by atoms with van der Waals surface area (Å²) < 4.78 is 5.82. The molecule has 5 rings (SSSR count). The first kappa shape index (κ1) is 16.1. The van der Waals surface area contributed by atoms with E-state index < -0.39 is 18.0 Å². The Hall–Kier alpha value is -3.12. The zero-order valence-corrected chi connectivity index (χ0v) is 14.5. The van der Waals surface area contributed by atoms with Crippen molar-refractivity contribution < 1.29 is 24.2 Å². The highest BCUT2D eigenvalue weighted by atomic mass is 16.4. The number of aliphatic hydroxyl groups excluding tert-OH is 1. The summed E-state index contributed by atoms with van der Waals surface area (Å²) in [4.78, 5) is 25.4. The van der Waals surface area contributed by atoms with Crippen molar-refractivity contribution in [3.63, 3.8) is 0 Å². The summed E-state index contributed by atoms with van der Waals surface area (Å²) in [6, 6.07) is 12.8. The van der Waals surface area contributed by atoms with Crippen molar-refractivity contribution in [3.05, 3.63) is 53.7 Å². The van der Waals surface area contributed by atoms with E-state index >= 15 is 0 Å². The number of para-hydroxylation sites is 1. The van der Waals surface area contributed by atoms with Crippen LogP contribution in [0.1, 0.15) is 18.9 Å². The number of furan rings is 1. The van der Waals surface area contributed by atoms with E-state index in [1.807, 2.05) is 36.4 Å². The minimum Gasteiger partial charge on any atom is -0.543 e. The van der Waals surface area contributed by atoms with E-state index in [0.29, 0.717) is 12.0 Å². The molecule has 3 aromatic rings. The van der Waals surface area contributed by atoms with Crippen LogP contribution >= 0.6 is 0 Å². The van der Waals surface area contributed by atoms with Crippen molar-refractivity contribution in [1.82, 2.24) is 4.90 Å². The second kappa shape index (κ2) is 5.44. The van der Waals surface area contributed by atoms with Crippen LogP contribution in [0.5, 0.6) is 0 Å². The van der Waals surface area contributed by atoms with Crippen molar-refractivity contribution in [2.45, 2.75) is 25.5 Å². The van der Waals surface area contributed by atoms with E-state index in [1.165, 1.54) is 4.90 Å². The van der Waals surface area contributed by atoms with Crippen molar-refractivity contribution in [2.24, 2.45) is 5.92 Å². The number of aliphatic carboxylic acids is 1. The topological polar surface area (TPSA) is 93.8 Å². The molecule has 6 nitrogen and oxygen atoms in total. The highest BCUT2D eigenvalue weighted by molar-refractivity contribution is 6.08. The number of aliphatic hydroxyl groups is 1. The lowest BCUT2D eigenvalue weighted by Crippen LogP contribution is -2.62. The molecule has 2 aliphatic rings. The maximum absolute atomic E-state index is 12.3. The van der Waals surface area contributed by atoms with Gasteiger partial charge in [-0.3, -0.25) is 4.79 Å². The van der Waals surface area contributed by atoms with Gasteiger partial charge in [0.05, 0.1) is 29.7 Å². The lowest BCUT2D eigenvalue weighted by Gasteiger charge is -2.45. The molecule has 0 spiro atoms. The number of β-lactam (4-membered cyclic amide) rings is 1. The van der Waals surface area contributed by atoms with Crippen LogP contribution in [0.4, 0.5) is 0 Å². The van der Waals surface area contributed by atoms with Crippen LogP contribution in [0.2, 0.25) is 0 Å². The summed E-state index contributed by atoms with van der Waals surface area (Å²) in [6.45, 7) is 1.56. The molecule has 0 unspecified atom stereocenters. The molecule has 1 saturated heterocycles. The number of carboxylic acids is 1. The van der Waals surface area contributed by atoms with Crippen molar-refractivity contribution in [1.29, 1.82) is 0 Å². The fourth-order valence-corrected chi connectivity index (χ4v) is 4.43. The standard InChI is InChI=1S/C21H17NO5/c1-10(23)18-15-9-13(19(21(25)26)22(15)20(18)24)11-6-7-17-14(8-11)12-4-2-3-5-16(12)27-17/h2-8,10,15,18,23H,9H2,1H3,(H,25,26)/p-1/t10-,15-,18-/m1/s1.